The van der Waals surface area contributed by atoms with Gasteiger partial charge in [0.15, 0.2) is 0 Å². The van der Waals surface area contributed by atoms with Crippen LogP contribution in [-0.2, 0) is 16.1 Å². The summed E-state index contributed by atoms with van der Waals surface area (Å²) in [6, 6.07) is 7.90. The van der Waals surface area contributed by atoms with Crippen molar-refractivity contribution in [2.75, 3.05) is 26.9 Å². The van der Waals surface area contributed by atoms with Crippen LogP contribution in [0.15, 0.2) is 24.3 Å². The van der Waals surface area contributed by atoms with Crippen molar-refractivity contribution in [2.24, 2.45) is 0 Å². The lowest BCUT2D eigenvalue weighted by molar-refractivity contribution is 0.0616. The SMILES string of the molecule is COCCOCc1cccc(C#CCCO)c1. The second kappa shape index (κ2) is 8.77. The Bertz CT molecular complexity index is 377. The van der Waals surface area contributed by atoms with E-state index >= 15 is 0 Å². The Kier molecular flexibility index (Phi) is 7.08. The fraction of sp³-hybridized carbons (Fsp3) is 0.429. The molecule has 0 atom stereocenters. The van der Waals surface area contributed by atoms with Gasteiger partial charge in [-0.1, -0.05) is 24.0 Å². The number of hydrogen-bond donors (Lipinski definition) is 1. The molecule has 0 unspecified atom stereocenters. The van der Waals surface area contributed by atoms with E-state index in [9.17, 15) is 0 Å². The maximum absolute atomic E-state index is 8.63. The molecule has 0 amide bonds. The predicted octanol–water partition coefficient (Wildman–Crippen LogP) is 1.58. The summed E-state index contributed by atoms with van der Waals surface area (Å²) in [4.78, 5) is 0. The Hall–Kier alpha value is -1.34. The van der Waals surface area contributed by atoms with E-state index in [1.807, 2.05) is 24.3 Å². The van der Waals surface area contributed by atoms with E-state index in [1.54, 1.807) is 7.11 Å². The summed E-state index contributed by atoms with van der Waals surface area (Å²) in [5.41, 5.74) is 2.04. The molecule has 92 valence electrons. The Morgan fingerprint density at radius 2 is 2.18 bits per heavy atom. The zero-order valence-corrected chi connectivity index (χ0v) is 10.1. The minimum atomic E-state index is 0.104. The van der Waals surface area contributed by atoms with Crippen molar-refractivity contribution in [3.8, 4) is 11.8 Å². The first-order valence-corrected chi connectivity index (χ1v) is 5.62. The topological polar surface area (TPSA) is 38.7 Å². The second-order valence-electron chi connectivity index (χ2n) is 3.52. The molecule has 0 radical (unpaired) electrons. The van der Waals surface area contributed by atoms with Crippen molar-refractivity contribution in [2.45, 2.75) is 13.0 Å². The van der Waals surface area contributed by atoms with Crippen LogP contribution in [0.25, 0.3) is 0 Å². The molecule has 0 spiro atoms. The van der Waals surface area contributed by atoms with Crippen LogP contribution >= 0.6 is 0 Å². The van der Waals surface area contributed by atoms with Gasteiger partial charge in [0.05, 0.1) is 26.4 Å². The molecule has 0 aromatic heterocycles. The van der Waals surface area contributed by atoms with E-state index in [0.29, 0.717) is 26.2 Å². The molecule has 0 saturated heterocycles. The van der Waals surface area contributed by atoms with Gasteiger partial charge >= 0.3 is 0 Å². The lowest BCUT2D eigenvalue weighted by atomic mass is 10.1. The molecule has 1 aromatic carbocycles. The summed E-state index contributed by atoms with van der Waals surface area (Å²) in [5, 5.41) is 8.63. The molecule has 3 nitrogen and oxygen atoms in total. The molecular formula is C14H18O3. The van der Waals surface area contributed by atoms with Gasteiger partial charge in [-0.3, -0.25) is 0 Å². The zero-order valence-electron chi connectivity index (χ0n) is 10.1. The number of ether oxygens (including phenoxy) is 2. The third kappa shape index (κ3) is 6.08. The van der Waals surface area contributed by atoms with Crippen molar-refractivity contribution in [3.63, 3.8) is 0 Å². The van der Waals surface area contributed by atoms with Crippen molar-refractivity contribution in [1.82, 2.24) is 0 Å². The molecule has 0 aliphatic carbocycles. The molecule has 17 heavy (non-hydrogen) atoms. The van der Waals surface area contributed by atoms with Crippen molar-refractivity contribution < 1.29 is 14.6 Å². The van der Waals surface area contributed by atoms with Crippen LogP contribution in [0.2, 0.25) is 0 Å². The van der Waals surface area contributed by atoms with E-state index in [4.69, 9.17) is 14.6 Å². The summed E-state index contributed by atoms with van der Waals surface area (Å²) >= 11 is 0. The predicted molar refractivity (Wildman–Crippen MR) is 66.6 cm³/mol. The Morgan fingerprint density at radius 3 is 2.94 bits per heavy atom. The molecule has 0 heterocycles. The first-order chi connectivity index (χ1) is 8.36. The fourth-order valence-corrected chi connectivity index (χ4v) is 1.29. The molecular weight excluding hydrogens is 216 g/mol. The molecule has 0 aliphatic rings. The van der Waals surface area contributed by atoms with Crippen LogP contribution in [0.3, 0.4) is 0 Å². The summed E-state index contributed by atoms with van der Waals surface area (Å²) in [6.45, 7) is 1.87. The quantitative estimate of drug-likeness (QED) is 0.600. The number of aliphatic hydroxyl groups excluding tert-OH is 1. The van der Waals surface area contributed by atoms with Crippen LogP contribution in [-0.4, -0.2) is 32.0 Å². The van der Waals surface area contributed by atoms with E-state index in [1.165, 1.54) is 0 Å². The van der Waals surface area contributed by atoms with Gasteiger partial charge in [0.2, 0.25) is 0 Å². The van der Waals surface area contributed by atoms with E-state index < -0.39 is 0 Å². The number of rotatable bonds is 6. The molecule has 1 aromatic rings. The molecule has 0 saturated carbocycles. The minimum absolute atomic E-state index is 0.104. The normalized spacial score (nSPS) is 9.76. The molecule has 0 aliphatic heterocycles. The van der Waals surface area contributed by atoms with Gasteiger partial charge < -0.3 is 14.6 Å². The highest BCUT2D eigenvalue weighted by atomic mass is 16.5. The molecule has 1 N–H and O–H groups in total. The lowest BCUT2D eigenvalue weighted by Gasteiger charge is -2.03. The van der Waals surface area contributed by atoms with Gasteiger partial charge in [-0.25, -0.2) is 0 Å². The van der Waals surface area contributed by atoms with E-state index in [0.717, 1.165) is 11.1 Å². The van der Waals surface area contributed by atoms with Gasteiger partial charge in [0.25, 0.3) is 0 Å². The zero-order chi connectivity index (χ0) is 12.3. The molecule has 1 rings (SSSR count). The summed E-state index contributed by atoms with van der Waals surface area (Å²) in [5.74, 6) is 5.89. The van der Waals surface area contributed by atoms with Crippen LogP contribution in [0, 0.1) is 11.8 Å². The second-order valence-corrected chi connectivity index (χ2v) is 3.52. The van der Waals surface area contributed by atoms with E-state index in [-0.39, 0.29) is 6.61 Å². The van der Waals surface area contributed by atoms with Crippen LogP contribution in [0.1, 0.15) is 17.5 Å². The van der Waals surface area contributed by atoms with Gasteiger partial charge in [0, 0.05) is 19.1 Å². The Morgan fingerprint density at radius 1 is 1.29 bits per heavy atom. The van der Waals surface area contributed by atoms with Crippen LogP contribution < -0.4 is 0 Å². The number of methoxy groups -OCH3 is 1. The summed E-state index contributed by atoms with van der Waals surface area (Å²) in [6.07, 6.45) is 0.508. The molecule has 0 bridgehead atoms. The number of aliphatic hydroxyl groups is 1. The third-order valence-corrected chi connectivity index (χ3v) is 2.10. The highest BCUT2D eigenvalue weighted by Crippen LogP contribution is 2.05. The Balaban J connectivity index is 2.46. The Labute approximate surface area is 102 Å². The fourth-order valence-electron chi connectivity index (χ4n) is 1.29. The smallest absolute Gasteiger partial charge is 0.0718 e. The number of benzene rings is 1. The monoisotopic (exact) mass is 234 g/mol. The van der Waals surface area contributed by atoms with Crippen molar-refractivity contribution >= 4 is 0 Å². The molecule has 3 heteroatoms. The third-order valence-electron chi connectivity index (χ3n) is 2.10. The average molecular weight is 234 g/mol. The van der Waals surface area contributed by atoms with Crippen LogP contribution in [0.5, 0.6) is 0 Å². The van der Waals surface area contributed by atoms with E-state index in [2.05, 4.69) is 11.8 Å². The van der Waals surface area contributed by atoms with Gasteiger partial charge in [-0.05, 0) is 17.7 Å². The van der Waals surface area contributed by atoms with Crippen molar-refractivity contribution in [3.05, 3.63) is 35.4 Å². The van der Waals surface area contributed by atoms with Gasteiger partial charge in [0.1, 0.15) is 0 Å². The summed E-state index contributed by atoms with van der Waals surface area (Å²) < 4.78 is 10.3. The average Bonchev–Trinajstić information content (AvgIpc) is 2.36. The number of hydrogen-bond acceptors (Lipinski definition) is 3. The first kappa shape index (κ1) is 13.7. The summed E-state index contributed by atoms with van der Waals surface area (Å²) in [7, 11) is 1.65. The van der Waals surface area contributed by atoms with Gasteiger partial charge in [-0.2, -0.15) is 0 Å². The lowest BCUT2D eigenvalue weighted by Crippen LogP contribution is -2.01. The maximum atomic E-state index is 8.63. The first-order valence-electron chi connectivity index (χ1n) is 5.62. The molecule has 0 fully saturated rings. The van der Waals surface area contributed by atoms with Crippen LogP contribution in [0.4, 0.5) is 0 Å². The highest BCUT2D eigenvalue weighted by molar-refractivity contribution is 5.36. The standard InChI is InChI=1S/C14H18O3/c1-16-9-10-17-12-14-7-4-6-13(11-14)5-2-3-8-15/h4,6-7,11,15H,3,8-10,12H2,1H3. The largest absolute Gasteiger partial charge is 0.395 e. The highest BCUT2D eigenvalue weighted by Gasteiger charge is 1.94. The minimum Gasteiger partial charge on any atom is -0.395 e. The maximum Gasteiger partial charge on any atom is 0.0718 e. The van der Waals surface area contributed by atoms with Crippen molar-refractivity contribution in [1.29, 1.82) is 0 Å². The van der Waals surface area contributed by atoms with Gasteiger partial charge in [-0.15, -0.1) is 0 Å².